The van der Waals surface area contributed by atoms with Gasteiger partial charge in [0.05, 0.1) is 18.8 Å². The third-order valence-corrected chi connectivity index (χ3v) is 3.86. The molecule has 2 aromatic rings. The molecule has 0 saturated carbocycles. The molecular formula is C14H18N4O2. The summed E-state index contributed by atoms with van der Waals surface area (Å²) >= 11 is 0. The van der Waals surface area contributed by atoms with Crippen molar-refractivity contribution >= 4 is 11.6 Å². The molecule has 2 aromatic heterocycles. The summed E-state index contributed by atoms with van der Waals surface area (Å²) in [6.07, 6.45) is 3.36. The van der Waals surface area contributed by atoms with Crippen LogP contribution in [0.5, 0.6) is 0 Å². The van der Waals surface area contributed by atoms with Crippen molar-refractivity contribution in [3.05, 3.63) is 29.2 Å². The van der Waals surface area contributed by atoms with Gasteiger partial charge in [0.2, 0.25) is 0 Å². The van der Waals surface area contributed by atoms with Gasteiger partial charge < -0.3 is 10.0 Å². The third kappa shape index (κ3) is 1.96. The van der Waals surface area contributed by atoms with Crippen molar-refractivity contribution in [2.75, 3.05) is 13.2 Å². The van der Waals surface area contributed by atoms with E-state index in [9.17, 15) is 9.90 Å². The molecule has 1 aliphatic rings. The second-order valence-corrected chi connectivity index (χ2v) is 5.31. The minimum absolute atomic E-state index is 0.0104. The fraction of sp³-hybridized carbons (Fsp3) is 0.500. The van der Waals surface area contributed by atoms with E-state index in [-0.39, 0.29) is 18.6 Å². The Labute approximate surface area is 117 Å². The van der Waals surface area contributed by atoms with Gasteiger partial charge in [0.25, 0.3) is 5.91 Å². The Balaban J connectivity index is 2.04. The van der Waals surface area contributed by atoms with Crippen LogP contribution >= 0.6 is 0 Å². The molecule has 6 nitrogen and oxygen atoms in total. The maximum absolute atomic E-state index is 12.6. The number of aryl methyl sites for hydroxylation is 2. The first-order valence-corrected chi connectivity index (χ1v) is 6.85. The second-order valence-electron chi connectivity index (χ2n) is 5.31. The molecule has 1 aliphatic heterocycles. The Morgan fingerprint density at radius 2 is 2.30 bits per heavy atom. The topological polar surface area (TPSA) is 70.7 Å². The van der Waals surface area contributed by atoms with Gasteiger partial charge in [-0.05, 0) is 32.8 Å². The number of rotatable bonds is 2. The highest BCUT2D eigenvalue weighted by molar-refractivity contribution is 6.00. The molecule has 1 amide bonds. The number of hydrogen-bond donors (Lipinski definition) is 1. The average Bonchev–Trinajstić information content (AvgIpc) is 3.03. The van der Waals surface area contributed by atoms with Gasteiger partial charge in [0.15, 0.2) is 5.65 Å². The molecule has 0 spiro atoms. The van der Waals surface area contributed by atoms with E-state index >= 15 is 0 Å². The average molecular weight is 274 g/mol. The maximum Gasteiger partial charge on any atom is 0.259 e. The first-order valence-electron chi connectivity index (χ1n) is 6.85. The van der Waals surface area contributed by atoms with Gasteiger partial charge in [-0.15, -0.1) is 0 Å². The van der Waals surface area contributed by atoms with Crippen LogP contribution in [0.25, 0.3) is 5.65 Å². The van der Waals surface area contributed by atoms with Crippen molar-refractivity contribution in [2.24, 2.45) is 0 Å². The molecule has 1 fully saturated rings. The molecule has 20 heavy (non-hydrogen) atoms. The van der Waals surface area contributed by atoms with Crippen molar-refractivity contribution in [1.29, 1.82) is 0 Å². The van der Waals surface area contributed by atoms with Crippen molar-refractivity contribution in [3.8, 4) is 0 Å². The van der Waals surface area contributed by atoms with Crippen LogP contribution in [0.15, 0.2) is 12.3 Å². The van der Waals surface area contributed by atoms with E-state index < -0.39 is 0 Å². The van der Waals surface area contributed by atoms with Crippen molar-refractivity contribution < 1.29 is 9.90 Å². The molecule has 0 aromatic carbocycles. The second kappa shape index (κ2) is 4.86. The summed E-state index contributed by atoms with van der Waals surface area (Å²) < 4.78 is 1.68. The lowest BCUT2D eigenvalue weighted by Crippen LogP contribution is -2.37. The van der Waals surface area contributed by atoms with E-state index in [4.69, 9.17) is 0 Å². The number of likely N-dealkylation sites (tertiary alicyclic amines) is 1. The molecule has 3 rings (SSSR count). The number of carbonyl (C=O) groups is 1. The zero-order chi connectivity index (χ0) is 14.3. The number of nitrogens with zero attached hydrogens (tertiary/aromatic N) is 4. The van der Waals surface area contributed by atoms with Gasteiger partial charge in [0.1, 0.15) is 5.56 Å². The van der Waals surface area contributed by atoms with Crippen LogP contribution in [0.1, 0.15) is 34.6 Å². The lowest BCUT2D eigenvalue weighted by Gasteiger charge is -2.22. The largest absolute Gasteiger partial charge is 0.394 e. The van der Waals surface area contributed by atoms with Gasteiger partial charge in [0, 0.05) is 17.9 Å². The Kier molecular flexibility index (Phi) is 3.17. The number of amides is 1. The van der Waals surface area contributed by atoms with E-state index in [1.54, 1.807) is 15.6 Å². The zero-order valence-electron chi connectivity index (χ0n) is 11.7. The molecule has 1 N–H and O–H groups in total. The monoisotopic (exact) mass is 274 g/mol. The van der Waals surface area contributed by atoms with E-state index in [0.29, 0.717) is 17.8 Å². The van der Waals surface area contributed by atoms with Crippen LogP contribution in [0.2, 0.25) is 0 Å². The number of aliphatic hydroxyl groups is 1. The molecule has 106 valence electrons. The Morgan fingerprint density at radius 1 is 1.50 bits per heavy atom. The zero-order valence-corrected chi connectivity index (χ0v) is 11.7. The summed E-state index contributed by atoms with van der Waals surface area (Å²) in [6.45, 7) is 4.54. The number of hydrogen-bond acceptors (Lipinski definition) is 4. The Bertz CT molecular complexity index is 664. The summed E-state index contributed by atoms with van der Waals surface area (Å²) in [4.78, 5) is 18.8. The first-order chi connectivity index (χ1) is 9.61. The predicted molar refractivity (Wildman–Crippen MR) is 73.6 cm³/mol. The molecule has 1 saturated heterocycles. The molecule has 6 heteroatoms. The summed E-state index contributed by atoms with van der Waals surface area (Å²) in [5, 5.41) is 13.6. The van der Waals surface area contributed by atoms with Crippen LogP contribution in [0.4, 0.5) is 0 Å². The molecule has 1 unspecified atom stereocenters. The van der Waals surface area contributed by atoms with E-state index in [0.717, 1.165) is 24.2 Å². The lowest BCUT2D eigenvalue weighted by atomic mass is 10.2. The number of fused-ring (bicyclic) bond motifs is 1. The normalized spacial score (nSPS) is 18.9. The summed E-state index contributed by atoms with van der Waals surface area (Å²) in [7, 11) is 0. The lowest BCUT2D eigenvalue weighted by molar-refractivity contribution is 0.0679. The van der Waals surface area contributed by atoms with E-state index in [1.807, 2.05) is 19.9 Å². The Hall–Kier alpha value is -1.95. The smallest absolute Gasteiger partial charge is 0.259 e. The summed E-state index contributed by atoms with van der Waals surface area (Å²) in [6, 6.07) is 1.85. The van der Waals surface area contributed by atoms with Crippen LogP contribution < -0.4 is 0 Å². The minimum Gasteiger partial charge on any atom is -0.394 e. The van der Waals surface area contributed by atoms with Crippen LogP contribution in [0.3, 0.4) is 0 Å². The number of aliphatic hydroxyl groups excluding tert-OH is 1. The first kappa shape index (κ1) is 13.1. The summed E-state index contributed by atoms with van der Waals surface area (Å²) in [5.41, 5.74) is 2.92. The molecule has 0 radical (unpaired) electrons. The van der Waals surface area contributed by atoms with Crippen molar-refractivity contribution in [1.82, 2.24) is 19.5 Å². The highest BCUT2D eigenvalue weighted by Gasteiger charge is 2.30. The molecule has 0 aliphatic carbocycles. The van der Waals surface area contributed by atoms with E-state index in [2.05, 4.69) is 10.1 Å². The number of carbonyl (C=O) groups excluding carboxylic acids is 1. The van der Waals surface area contributed by atoms with E-state index in [1.165, 1.54) is 0 Å². The van der Waals surface area contributed by atoms with Crippen molar-refractivity contribution in [2.45, 2.75) is 32.7 Å². The molecule has 3 heterocycles. The quantitative estimate of drug-likeness (QED) is 0.885. The van der Waals surface area contributed by atoms with Gasteiger partial charge in [-0.2, -0.15) is 5.10 Å². The predicted octanol–water partition coefficient (Wildman–Crippen LogP) is 0.943. The van der Waals surface area contributed by atoms with Gasteiger partial charge in [-0.25, -0.2) is 9.50 Å². The van der Waals surface area contributed by atoms with Crippen molar-refractivity contribution in [3.63, 3.8) is 0 Å². The highest BCUT2D eigenvalue weighted by Crippen LogP contribution is 2.21. The molecule has 1 atom stereocenters. The van der Waals surface area contributed by atoms with Crippen LogP contribution in [-0.4, -0.2) is 49.7 Å². The SMILES string of the molecule is Cc1cc(C)n2ncc(C(=O)N3CCCC3CO)c2n1. The third-order valence-electron chi connectivity index (χ3n) is 3.86. The van der Waals surface area contributed by atoms with Gasteiger partial charge in [-0.3, -0.25) is 4.79 Å². The minimum atomic E-state index is -0.0888. The van der Waals surface area contributed by atoms with Crippen LogP contribution in [0, 0.1) is 13.8 Å². The standard InChI is InChI=1S/C14H18N4O2/c1-9-6-10(2)18-13(16-9)12(7-15-18)14(20)17-5-3-4-11(17)8-19/h6-7,11,19H,3-5,8H2,1-2H3. The summed E-state index contributed by atoms with van der Waals surface area (Å²) in [5.74, 6) is -0.0888. The molecular weight excluding hydrogens is 256 g/mol. The van der Waals surface area contributed by atoms with Gasteiger partial charge >= 0.3 is 0 Å². The van der Waals surface area contributed by atoms with Gasteiger partial charge in [-0.1, -0.05) is 0 Å². The fourth-order valence-corrected chi connectivity index (χ4v) is 2.87. The molecule has 0 bridgehead atoms. The van der Waals surface area contributed by atoms with Crippen LogP contribution in [-0.2, 0) is 0 Å². The number of aromatic nitrogens is 3. The Morgan fingerprint density at radius 3 is 3.05 bits per heavy atom. The maximum atomic E-state index is 12.6. The highest BCUT2D eigenvalue weighted by atomic mass is 16.3. The fourth-order valence-electron chi connectivity index (χ4n) is 2.87.